The summed E-state index contributed by atoms with van der Waals surface area (Å²) in [6, 6.07) is 7.11. The van der Waals surface area contributed by atoms with E-state index < -0.39 is 0 Å². The molecule has 1 aromatic carbocycles. The number of rotatable bonds is 8. The van der Waals surface area contributed by atoms with Gasteiger partial charge in [0, 0.05) is 18.7 Å². The van der Waals surface area contributed by atoms with Gasteiger partial charge >= 0.3 is 0 Å². The first-order valence-electron chi connectivity index (χ1n) is 9.00. The zero-order valence-corrected chi connectivity index (χ0v) is 15.1. The maximum Gasteiger partial charge on any atom is 0.247 e. The molecule has 0 bridgehead atoms. The molecule has 0 spiro atoms. The van der Waals surface area contributed by atoms with E-state index in [1.807, 2.05) is 0 Å². The van der Waals surface area contributed by atoms with Gasteiger partial charge in [0.15, 0.2) is 0 Å². The van der Waals surface area contributed by atoms with Crippen molar-refractivity contribution in [3.63, 3.8) is 0 Å². The van der Waals surface area contributed by atoms with E-state index in [1.165, 1.54) is 12.5 Å². The predicted molar refractivity (Wildman–Crippen MR) is 101 cm³/mol. The van der Waals surface area contributed by atoms with Crippen molar-refractivity contribution in [2.75, 3.05) is 11.9 Å². The van der Waals surface area contributed by atoms with Crippen LogP contribution < -0.4 is 16.4 Å². The Morgan fingerprint density at radius 3 is 2.35 bits per heavy atom. The summed E-state index contributed by atoms with van der Waals surface area (Å²) in [6.07, 6.45) is 6.94. The van der Waals surface area contributed by atoms with Gasteiger partial charge in [-0.3, -0.25) is 14.4 Å². The predicted octanol–water partition coefficient (Wildman–Crippen LogP) is 2.30. The molecule has 6 heteroatoms. The smallest absolute Gasteiger partial charge is 0.247 e. The van der Waals surface area contributed by atoms with Gasteiger partial charge in [0.2, 0.25) is 17.7 Å². The van der Waals surface area contributed by atoms with E-state index in [9.17, 15) is 14.4 Å². The fraction of sp³-hybridized carbons (Fsp3) is 0.450. The summed E-state index contributed by atoms with van der Waals surface area (Å²) in [7, 11) is 0. The van der Waals surface area contributed by atoms with Crippen molar-refractivity contribution in [1.29, 1.82) is 0 Å². The average Bonchev–Trinajstić information content (AvgIpc) is 2.62. The summed E-state index contributed by atoms with van der Waals surface area (Å²) < 4.78 is 0. The number of hydrogen-bond acceptors (Lipinski definition) is 3. The lowest BCUT2D eigenvalue weighted by atomic mass is 9.71. The molecule has 0 heterocycles. The van der Waals surface area contributed by atoms with E-state index in [0.29, 0.717) is 18.7 Å². The Hall–Kier alpha value is -2.63. The van der Waals surface area contributed by atoms with Crippen molar-refractivity contribution in [3.05, 3.63) is 42.5 Å². The minimum atomic E-state index is -0.307. The second-order valence-electron chi connectivity index (χ2n) is 7.05. The molecule has 0 aromatic heterocycles. The fourth-order valence-corrected chi connectivity index (χ4v) is 3.52. The Morgan fingerprint density at radius 1 is 1.12 bits per heavy atom. The van der Waals surface area contributed by atoms with Gasteiger partial charge in [0.05, 0.1) is 6.42 Å². The number of nitrogens with two attached hydrogens (primary N) is 1. The van der Waals surface area contributed by atoms with Gasteiger partial charge < -0.3 is 16.4 Å². The molecule has 0 atom stereocenters. The van der Waals surface area contributed by atoms with Crippen LogP contribution in [0.4, 0.5) is 5.69 Å². The van der Waals surface area contributed by atoms with E-state index in [4.69, 9.17) is 5.73 Å². The van der Waals surface area contributed by atoms with Gasteiger partial charge in [0.1, 0.15) is 0 Å². The topological polar surface area (TPSA) is 101 Å². The second-order valence-corrected chi connectivity index (χ2v) is 7.05. The highest BCUT2D eigenvalue weighted by atomic mass is 16.2. The standard InChI is InChI=1S/C20H27N3O3/c1-2-18(25)23-16-8-6-15(7-9-16)12-19(26)22-14-20(13-17(21)24)10-4-3-5-11-20/h2,6-9H,1,3-5,10-14H2,(H2,21,24)(H,22,26)(H,23,25). The summed E-state index contributed by atoms with van der Waals surface area (Å²) in [5.41, 5.74) is 6.72. The highest BCUT2D eigenvalue weighted by Gasteiger charge is 2.33. The Bertz CT molecular complexity index is 661. The van der Waals surface area contributed by atoms with Crippen molar-refractivity contribution in [1.82, 2.24) is 5.32 Å². The summed E-state index contributed by atoms with van der Waals surface area (Å²) in [4.78, 5) is 35.0. The van der Waals surface area contributed by atoms with Gasteiger partial charge in [-0.1, -0.05) is 38.0 Å². The SMILES string of the molecule is C=CC(=O)Nc1ccc(CC(=O)NCC2(CC(N)=O)CCCCC2)cc1. The highest BCUT2D eigenvalue weighted by molar-refractivity contribution is 5.98. The van der Waals surface area contributed by atoms with Crippen molar-refractivity contribution >= 4 is 23.4 Å². The molecule has 2 rings (SSSR count). The molecular formula is C20H27N3O3. The van der Waals surface area contributed by atoms with Gasteiger partial charge in [-0.2, -0.15) is 0 Å². The first-order valence-corrected chi connectivity index (χ1v) is 9.00. The van der Waals surface area contributed by atoms with Crippen LogP contribution in [0.25, 0.3) is 0 Å². The Balaban J connectivity index is 1.88. The normalized spacial score (nSPS) is 15.7. The van der Waals surface area contributed by atoms with Gasteiger partial charge in [-0.25, -0.2) is 0 Å². The van der Waals surface area contributed by atoms with Crippen LogP contribution in [0.1, 0.15) is 44.1 Å². The molecule has 0 saturated heterocycles. The Morgan fingerprint density at radius 2 is 1.77 bits per heavy atom. The summed E-state index contributed by atoms with van der Waals surface area (Å²) >= 11 is 0. The molecule has 6 nitrogen and oxygen atoms in total. The Kier molecular flexibility index (Phi) is 6.95. The molecule has 1 aliphatic carbocycles. The summed E-state index contributed by atoms with van der Waals surface area (Å²) in [5, 5.41) is 5.64. The molecule has 1 fully saturated rings. The van der Waals surface area contributed by atoms with Gasteiger partial charge in [-0.15, -0.1) is 0 Å². The third kappa shape index (κ3) is 6.02. The minimum Gasteiger partial charge on any atom is -0.370 e. The molecule has 1 aliphatic rings. The molecule has 1 aromatic rings. The first kappa shape index (κ1) is 19.7. The van der Waals surface area contributed by atoms with Crippen LogP contribution in [0.3, 0.4) is 0 Å². The lowest BCUT2D eigenvalue weighted by Crippen LogP contribution is -2.42. The largest absolute Gasteiger partial charge is 0.370 e. The van der Waals surface area contributed by atoms with Crippen LogP contribution >= 0.6 is 0 Å². The zero-order chi connectivity index (χ0) is 19.0. The van der Waals surface area contributed by atoms with E-state index in [2.05, 4.69) is 17.2 Å². The number of nitrogens with one attached hydrogen (secondary N) is 2. The quantitative estimate of drug-likeness (QED) is 0.622. The highest BCUT2D eigenvalue weighted by Crippen LogP contribution is 2.38. The number of benzene rings is 1. The number of amides is 3. The van der Waals surface area contributed by atoms with Crippen LogP contribution in [0.2, 0.25) is 0 Å². The van der Waals surface area contributed by atoms with E-state index >= 15 is 0 Å². The minimum absolute atomic E-state index is 0.0812. The van der Waals surface area contributed by atoms with Crippen molar-refractivity contribution in [2.45, 2.75) is 44.9 Å². The lowest BCUT2D eigenvalue weighted by Gasteiger charge is -2.36. The van der Waals surface area contributed by atoms with Crippen LogP contribution in [0.15, 0.2) is 36.9 Å². The van der Waals surface area contributed by atoms with Crippen LogP contribution in [-0.4, -0.2) is 24.3 Å². The van der Waals surface area contributed by atoms with Crippen LogP contribution in [0.5, 0.6) is 0 Å². The van der Waals surface area contributed by atoms with Crippen molar-refractivity contribution in [2.24, 2.45) is 11.1 Å². The fourth-order valence-electron chi connectivity index (χ4n) is 3.52. The summed E-state index contributed by atoms with van der Waals surface area (Å²) in [6.45, 7) is 3.89. The zero-order valence-electron chi connectivity index (χ0n) is 15.1. The third-order valence-corrected chi connectivity index (χ3v) is 4.90. The number of anilines is 1. The van der Waals surface area contributed by atoms with E-state index in [1.54, 1.807) is 24.3 Å². The van der Waals surface area contributed by atoms with E-state index in [0.717, 1.165) is 31.2 Å². The van der Waals surface area contributed by atoms with Crippen molar-refractivity contribution < 1.29 is 14.4 Å². The van der Waals surface area contributed by atoms with Gasteiger partial charge in [-0.05, 0) is 42.0 Å². The third-order valence-electron chi connectivity index (χ3n) is 4.90. The number of hydrogen-bond donors (Lipinski definition) is 3. The van der Waals surface area contributed by atoms with E-state index in [-0.39, 0.29) is 29.6 Å². The molecular weight excluding hydrogens is 330 g/mol. The van der Waals surface area contributed by atoms with Gasteiger partial charge in [0.25, 0.3) is 0 Å². The van der Waals surface area contributed by atoms with Crippen molar-refractivity contribution in [3.8, 4) is 0 Å². The molecule has 140 valence electrons. The Labute approximate surface area is 154 Å². The van der Waals surface area contributed by atoms with Crippen LogP contribution in [-0.2, 0) is 20.8 Å². The summed E-state index contributed by atoms with van der Waals surface area (Å²) in [5.74, 6) is -0.664. The molecule has 4 N–H and O–H groups in total. The average molecular weight is 357 g/mol. The molecule has 0 unspecified atom stereocenters. The monoisotopic (exact) mass is 357 g/mol. The maximum atomic E-state index is 12.3. The number of carbonyl (C=O) groups is 3. The number of primary amides is 1. The first-order chi connectivity index (χ1) is 12.4. The molecule has 0 radical (unpaired) electrons. The lowest BCUT2D eigenvalue weighted by molar-refractivity contribution is -0.124. The second kappa shape index (κ2) is 9.17. The molecule has 1 saturated carbocycles. The number of carbonyl (C=O) groups excluding carboxylic acids is 3. The molecule has 0 aliphatic heterocycles. The molecule has 3 amide bonds. The van der Waals surface area contributed by atoms with Crippen LogP contribution in [0, 0.1) is 5.41 Å². The maximum absolute atomic E-state index is 12.3. The molecule has 26 heavy (non-hydrogen) atoms.